The molecular formula is C18H18N4O3. The summed E-state index contributed by atoms with van der Waals surface area (Å²) in [5.41, 5.74) is 1.23. The molecule has 0 saturated heterocycles. The second-order valence-electron chi connectivity index (χ2n) is 5.95. The van der Waals surface area contributed by atoms with Gasteiger partial charge in [-0.2, -0.15) is 0 Å². The van der Waals surface area contributed by atoms with Crippen molar-refractivity contribution in [1.29, 1.82) is 0 Å². The van der Waals surface area contributed by atoms with Gasteiger partial charge in [0, 0.05) is 18.7 Å². The number of furan rings is 1. The van der Waals surface area contributed by atoms with E-state index < -0.39 is 0 Å². The largest absolute Gasteiger partial charge is 0.465 e. The Labute approximate surface area is 144 Å². The van der Waals surface area contributed by atoms with E-state index in [9.17, 15) is 4.79 Å². The van der Waals surface area contributed by atoms with E-state index in [2.05, 4.69) is 19.7 Å². The second kappa shape index (κ2) is 6.52. The molecule has 0 spiro atoms. The molecule has 0 unspecified atom stereocenters. The fourth-order valence-electron chi connectivity index (χ4n) is 3.07. The van der Waals surface area contributed by atoms with Crippen LogP contribution in [0.2, 0.25) is 0 Å². The minimum atomic E-state index is -0.371. The fourth-order valence-corrected chi connectivity index (χ4v) is 3.07. The van der Waals surface area contributed by atoms with Gasteiger partial charge in [0.2, 0.25) is 0 Å². The van der Waals surface area contributed by atoms with Crippen molar-refractivity contribution in [2.24, 2.45) is 0 Å². The van der Waals surface area contributed by atoms with Crippen molar-refractivity contribution in [3.63, 3.8) is 0 Å². The smallest absolute Gasteiger partial charge is 0.338 e. The molecule has 0 atom stereocenters. The topological polar surface area (TPSA) is 73.4 Å². The predicted octanol–water partition coefficient (Wildman–Crippen LogP) is 2.34. The third-order valence-corrected chi connectivity index (χ3v) is 4.36. The molecule has 0 saturated carbocycles. The van der Waals surface area contributed by atoms with Gasteiger partial charge in [-0.25, -0.2) is 4.79 Å². The van der Waals surface area contributed by atoms with Crippen LogP contribution < -0.4 is 0 Å². The van der Waals surface area contributed by atoms with E-state index in [0.29, 0.717) is 17.9 Å². The molecule has 0 amide bonds. The van der Waals surface area contributed by atoms with Gasteiger partial charge in [0.05, 0.1) is 25.8 Å². The number of hydrogen-bond acceptors (Lipinski definition) is 6. The molecule has 25 heavy (non-hydrogen) atoms. The number of ether oxygens (including phenoxy) is 1. The molecule has 1 aliphatic heterocycles. The predicted molar refractivity (Wildman–Crippen MR) is 89.6 cm³/mol. The molecular weight excluding hydrogens is 320 g/mol. The number of carbonyl (C=O) groups is 1. The number of rotatable bonds is 4. The highest BCUT2D eigenvalue weighted by Crippen LogP contribution is 2.27. The van der Waals surface area contributed by atoms with Gasteiger partial charge in [-0.15, -0.1) is 10.2 Å². The molecule has 7 heteroatoms. The Hall–Kier alpha value is -2.93. The summed E-state index contributed by atoms with van der Waals surface area (Å²) in [6.45, 7) is 3.23. The molecule has 3 heterocycles. The molecule has 0 radical (unpaired) electrons. The lowest BCUT2D eigenvalue weighted by molar-refractivity contribution is 0.0601. The zero-order valence-corrected chi connectivity index (χ0v) is 13.9. The van der Waals surface area contributed by atoms with Crippen molar-refractivity contribution in [1.82, 2.24) is 19.7 Å². The maximum Gasteiger partial charge on any atom is 0.338 e. The summed E-state index contributed by atoms with van der Waals surface area (Å²) in [6, 6.07) is 11.1. The van der Waals surface area contributed by atoms with Crippen LogP contribution in [-0.2, 0) is 24.4 Å². The van der Waals surface area contributed by atoms with Crippen LogP contribution in [0.1, 0.15) is 21.9 Å². The van der Waals surface area contributed by atoms with Gasteiger partial charge in [-0.1, -0.05) is 18.2 Å². The summed E-state index contributed by atoms with van der Waals surface area (Å²) in [7, 11) is 1.38. The molecule has 3 aromatic rings. The Morgan fingerprint density at radius 2 is 2.12 bits per heavy atom. The van der Waals surface area contributed by atoms with Gasteiger partial charge >= 0.3 is 5.97 Å². The van der Waals surface area contributed by atoms with Gasteiger partial charge in [-0.05, 0) is 18.2 Å². The molecule has 2 aromatic heterocycles. The lowest BCUT2D eigenvalue weighted by atomic mass is 10.1. The minimum Gasteiger partial charge on any atom is -0.465 e. The zero-order chi connectivity index (χ0) is 17.2. The van der Waals surface area contributed by atoms with Crippen molar-refractivity contribution < 1.29 is 13.9 Å². The van der Waals surface area contributed by atoms with Gasteiger partial charge in [0.25, 0.3) is 0 Å². The first-order valence-electron chi connectivity index (χ1n) is 8.10. The maximum absolute atomic E-state index is 11.9. The Morgan fingerprint density at radius 3 is 3.00 bits per heavy atom. The standard InChI is InChI=1S/C18H18N4O3/c1-24-18(23)15-5-3-2-4-14(15)16-7-6-13(25-16)10-21-8-9-22-12-19-20-17(22)11-21/h2-7,12H,8-11H2,1H3. The lowest BCUT2D eigenvalue weighted by Gasteiger charge is -2.25. The molecule has 0 aliphatic carbocycles. The lowest BCUT2D eigenvalue weighted by Crippen LogP contribution is -2.33. The van der Waals surface area contributed by atoms with Crippen molar-refractivity contribution in [3.8, 4) is 11.3 Å². The van der Waals surface area contributed by atoms with Crippen molar-refractivity contribution in [3.05, 3.63) is 59.9 Å². The summed E-state index contributed by atoms with van der Waals surface area (Å²) in [5.74, 6) is 2.11. The third-order valence-electron chi connectivity index (χ3n) is 4.36. The first-order chi connectivity index (χ1) is 12.2. The Kier molecular flexibility index (Phi) is 4.07. The summed E-state index contributed by atoms with van der Waals surface area (Å²) in [6.07, 6.45) is 1.77. The van der Waals surface area contributed by atoms with Crippen molar-refractivity contribution in [2.75, 3.05) is 13.7 Å². The average molecular weight is 338 g/mol. The zero-order valence-electron chi connectivity index (χ0n) is 13.9. The Bertz CT molecular complexity index is 899. The number of carbonyl (C=O) groups excluding carboxylic acids is 1. The fraction of sp³-hybridized carbons (Fsp3) is 0.278. The summed E-state index contributed by atoms with van der Waals surface area (Å²) < 4.78 is 12.9. The SMILES string of the molecule is COC(=O)c1ccccc1-c1ccc(CN2CCn3cnnc3C2)o1. The molecule has 1 aliphatic rings. The van der Waals surface area contributed by atoms with Crippen molar-refractivity contribution in [2.45, 2.75) is 19.6 Å². The van der Waals surface area contributed by atoms with Crippen LogP contribution in [0.5, 0.6) is 0 Å². The molecule has 0 fully saturated rings. The van der Waals surface area contributed by atoms with E-state index in [-0.39, 0.29) is 5.97 Å². The van der Waals surface area contributed by atoms with E-state index in [0.717, 1.165) is 36.8 Å². The highest BCUT2D eigenvalue weighted by atomic mass is 16.5. The van der Waals surface area contributed by atoms with Gasteiger partial charge in [0.15, 0.2) is 0 Å². The van der Waals surface area contributed by atoms with Crippen LogP contribution in [0.4, 0.5) is 0 Å². The third kappa shape index (κ3) is 3.06. The first-order valence-corrected chi connectivity index (χ1v) is 8.10. The van der Waals surface area contributed by atoms with Crippen LogP contribution in [0, 0.1) is 0 Å². The highest BCUT2D eigenvalue weighted by molar-refractivity contribution is 5.96. The molecule has 4 rings (SSSR count). The first kappa shape index (κ1) is 15.6. The summed E-state index contributed by atoms with van der Waals surface area (Å²) >= 11 is 0. The quantitative estimate of drug-likeness (QED) is 0.680. The molecule has 128 valence electrons. The summed E-state index contributed by atoms with van der Waals surface area (Å²) in [5, 5.41) is 8.07. The number of nitrogens with zero attached hydrogens (tertiary/aromatic N) is 4. The molecule has 7 nitrogen and oxygen atoms in total. The van der Waals surface area contributed by atoms with E-state index in [1.807, 2.05) is 30.3 Å². The molecule has 0 bridgehead atoms. The van der Waals surface area contributed by atoms with Crippen LogP contribution in [0.3, 0.4) is 0 Å². The summed E-state index contributed by atoms with van der Waals surface area (Å²) in [4.78, 5) is 14.2. The number of fused-ring (bicyclic) bond motifs is 1. The second-order valence-corrected chi connectivity index (χ2v) is 5.95. The van der Waals surface area contributed by atoms with Crippen LogP contribution in [0.25, 0.3) is 11.3 Å². The molecule has 1 aromatic carbocycles. The monoisotopic (exact) mass is 338 g/mol. The number of aromatic nitrogens is 3. The van der Waals surface area contributed by atoms with Crippen LogP contribution >= 0.6 is 0 Å². The number of hydrogen-bond donors (Lipinski definition) is 0. The van der Waals surface area contributed by atoms with E-state index in [4.69, 9.17) is 9.15 Å². The minimum absolute atomic E-state index is 0.371. The number of methoxy groups -OCH3 is 1. The van der Waals surface area contributed by atoms with Gasteiger partial charge in [0.1, 0.15) is 23.7 Å². The van der Waals surface area contributed by atoms with Crippen LogP contribution in [0.15, 0.2) is 47.1 Å². The highest BCUT2D eigenvalue weighted by Gasteiger charge is 2.20. The van der Waals surface area contributed by atoms with E-state index >= 15 is 0 Å². The average Bonchev–Trinajstić information content (AvgIpc) is 3.30. The Morgan fingerprint density at radius 1 is 1.24 bits per heavy atom. The normalized spacial score (nSPS) is 14.3. The number of benzene rings is 1. The maximum atomic E-state index is 11.9. The van der Waals surface area contributed by atoms with Crippen molar-refractivity contribution >= 4 is 5.97 Å². The van der Waals surface area contributed by atoms with Crippen LogP contribution in [-0.4, -0.2) is 39.3 Å². The van der Waals surface area contributed by atoms with E-state index in [1.165, 1.54) is 7.11 Å². The Balaban J connectivity index is 1.53. The number of esters is 1. The van der Waals surface area contributed by atoms with Gasteiger partial charge < -0.3 is 13.7 Å². The van der Waals surface area contributed by atoms with Gasteiger partial charge in [-0.3, -0.25) is 4.90 Å². The van der Waals surface area contributed by atoms with E-state index in [1.54, 1.807) is 12.4 Å². The molecule has 0 N–H and O–H groups in total.